The van der Waals surface area contributed by atoms with E-state index in [1.165, 1.54) is 32.1 Å². The molecule has 0 saturated heterocycles. The summed E-state index contributed by atoms with van der Waals surface area (Å²) in [7, 11) is 1.77. The Labute approximate surface area is 92.5 Å². The van der Waals surface area contributed by atoms with Gasteiger partial charge in [-0.3, -0.25) is 4.79 Å². The first-order valence-electron chi connectivity index (χ1n) is 5.92. The van der Waals surface area contributed by atoms with E-state index in [1.54, 1.807) is 11.9 Å². The molecule has 0 heterocycles. The van der Waals surface area contributed by atoms with Gasteiger partial charge in [-0.25, -0.2) is 0 Å². The van der Waals surface area contributed by atoms with Gasteiger partial charge in [0, 0.05) is 20.0 Å². The van der Waals surface area contributed by atoms with Crippen LogP contribution in [0.1, 0.15) is 45.4 Å². The standard InChI is InChI=1S/C12H23NO2/c1-12(6-4-3-5-7-12)10-11(15)13(2)8-9-14/h14H,3-10H2,1-2H3. The molecule has 0 aliphatic heterocycles. The van der Waals surface area contributed by atoms with Crippen LogP contribution in [0.3, 0.4) is 0 Å². The van der Waals surface area contributed by atoms with Gasteiger partial charge in [0.05, 0.1) is 6.61 Å². The maximum atomic E-state index is 11.8. The minimum Gasteiger partial charge on any atom is -0.395 e. The lowest BCUT2D eigenvalue weighted by Gasteiger charge is -2.34. The number of carbonyl (C=O) groups excluding carboxylic acids is 1. The van der Waals surface area contributed by atoms with Gasteiger partial charge in [-0.15, -0.1) is 0 Å². The van der Waals surface area contributed by atoms with Crippen LogP contribution in [-0.4, -0.2) is 36.1 Å². The molecular weight excluding hydrogens is 190 g/mol. The van der Waals surface area contributed by atoms with Gasteiger partial charge in [-0.1, -0.05) is 26.2 Å². The summed E-state index contributed by atoms with van der Waals surface area (Å²) in [6, 6.07) is 0. The number of hydrogen-bond acceptors (Lipinski definition) is 2. The van der Waals surface area contributed by atoms with E-state index in [-0.39, 0.29) is 17.9 Å². The van der Waals surface area contributed by atoms with Crippen molar-refractivity contribution in [2.45, 2.75) is 45.4 Å². The van der Waals surface area contributed by atoms with E-state index in [9.17, 15) is 4.79 Å². The van der Waals surface area contributed by atoms with Crippen LogP contribution in [0.5, 0.6) is 0 Å². The van der Waals surface area contributed by atoms with Gasteiger partial charge in [0.1, 0.15) is 0 Å². The summed E-state index contributed by atoms with van der Waals surface area (Å²) in [6.45, 7) is 2.73. The SMILES string of the molecule is CN(CCO)C(=O)CC1(C)CCCCC1. The molecular formula is C12H23NO2. The number of likely N-dealkylation sites (N-methyl/N-ethyl adjacent to an activating group) is 1. The van der Waals surface area contributed by atoms with Crippen molar-refractivity contribution in [3.05, 3.63) is 0 Å². The Kier molecular flexibility index (Phi) is 4.58. The highest BCUT2D eigenvalue weighted by molar-refractivity contribution is 5.76. The van der Waals surface area contributed by atoms with Crippen LogP contribution in [0, 0.1) is 5.41 Å². The number of hydrogen-bond donors (Lipinski definition) is 1. The zero-order valence-corrected chi connectivity index (χ0v) is 9.96. The largest absolute Gasteiger partial charge is 0.395 e. The Hall–Kier alpha value is -0.570. The fraction of sp³-hybridized carbons (Fsp3) is 0.917. The Morgan fingerprint density at radius 1 is 1.33 bits per heavy atom. The maximum absolute atomic E-state index is 11.8. The second-order valence-corrected chi connectivity index (χ2v) is 5.09. The van der Waals surface area contributed by atoms with Crippen LogP contribution in [0.4, 0.5) is 0 Å². The smallest absolute Gasteiger partial charge is 0.222 e. The van der Waals surface area contributed by atoms with E-state index in [0.717, 1.165) is 0 Å². The van der Waals surface area contributed by atoms with Crippen LogP contribution in [-0.2, 0) is 4.79 Å². The molecule has 1 rings (SSSR count). The highest BCUT2D eigenvalue weighted by Crippen LogP contribution is 2.38. The molecule has 1 saturated carbocycles. The molecule has 1 aliphatic rings. The van der Waals surface area contributed by atoms with Gasteiger partial charge in [0.15, 0.2) is 0 Å². The molecule has 3 heteroatoms. The molecule has 1 N–H and O–H groups in total. The van der Waals surface area contributed by atoms with E-state index in [0.29, 0.717) is 13.0 Å². The molecule has 1 aliphatic carbocycles. The zero-order valence-electron chi connectivity index (χ0n) is 9.96. The highest BCUT2D eigenvalue weighted by atomic mass is 16.3. The summed E-state index contributed by atoms with van der Waals surface area (Å²) >= 11 is 0. The third-order valence-electron chi connectivity index (χ3n) is 3.50. The van der Waals surface area contributed by atoms with Crippen molar-refractivity contribution in [3.63, 3.8) is 0 Å². The first-order valence-corrected chi connectivity index (χ1v) is 5.92. The highest BCUT2D eigenvalue weighted by Gasteiger charge is 2.30. The van der Waals surface area contributed by atoms with Crippen molar-refractivity contribution < 1.29 is 9.90 Å². The van der Waals surface area contributed by atoms with E-state index >= 15 is 0 Å². The topological polar surface area (TPSA) is 40.5 Å². The molecule has 0 spiro atoms. The fourth-order valence-corrected chi connectivity index (χ4v) is 2.36. The molecule has 88 valence electrons. The average Bonchev–Trinajstić information content (AvgIpc) is 2.18. The average molecular weight is 213 g/mol. The predicted molar refractivity (Wildman–Crippen MR) is 60.5 cm³/mol. The van der Waals surface area contributed by atoms with E-state index < -0.39 is 0 Å². The number of amides is 1. The molecule has 0 aromatic rings. The van der Waals surface area contributed by atoms with Crippen molar-refractivity contribution >= 4 is 5.91 Å². The Bertz CT molecular complexity index is 210. The molecule has 0 aromatic heterocycles. The number of aliphatic hydroxyl groups excluding tert-OH is 1. The molecule has 0 atom stereocenters. The summed E-state index contributed by atoms with van der Waals surface area (Å²) in [5.74, 6) is 0.174. The van der Waals surface area contributed by atoms with Crippen molar-refractivity contribution in [2.24, 2.45) is 5.41 Å². The Morgan fingerprint density at radius 3 is 2.47 bits per heavy atom. The molecule has 1 amide bonds. The molecule has 1 fully saturated rings. The van der Waals surface area contributed by atoms with E-state index in [1.807, 2.05) is 0 Å². The summed E-state index contributed by atoms with van der Waals surface area (Å²) in [5.41, 5.74) is 0.207. The quantitative estimate of drug-likeness (QED) is 0.773. The molecule has 0 unspecified atom stereocenters. The van der Waals surface area contributed by atoms with E-state index in [4.69, 9.17) is 5.11 Å². The summed E-state index contributed by atoms with van der Waals surface area (Å²) < 4.78 is 0. The van der Waals surface area contributed by atoms with Gasteiger partial charge in [0.25, 0.3) is 0 Å². The minimum atomic E-state index is 0.0545. The Balaban J connectivity index is 2.41. The summed E-state index contributed by atoms with van der Waals surface area (Å²) in [6.07, 6.45) is 6.82. The number of aliphatic hydroxyl groups is 1. The van der Waals surface area contributed by atoms with Crippen LogP contribution < -0.4 is 0 Å². The third kappa shape index (κ3) is 3.82. The van der Waals surface area contributed by atoms with Crippen LogP contribution in [0.25, 0.3) is 0 Å². The molecule has 15 heavy (non-hydrogen) atoms. The van der Waals surface area contributed by atoms with Crippen LogP contribution in [0.2, 0.25) is 0 Å². The monoisotopic (exact) mass is 213 g/mol. The molecule has 3 nitrogen and oxygen atoms in total. The second-order valence-electron chi connectivity index (χ2n) is 5.09. The number of rotatable bonds is 4. The van der Waals surface area contributed by atoms with Gasteiger partial charge in [-0.05, 0) is 18.3 Å². The lowest BCUT2D eigenvalue weighted by molar-refractivity contribution is -0.133. The van der Waals surface area contributed by atoms with Crippen molar-refractivity contribution in [1.82, 2.24) is 4.90 Å². The first kappa shape index (κ1) is 12.5. The molecule has 0 radical (unpaired) electrons. The summed E-state index contributed by atoms with van der Waals surface area (Å²) in [5, 5.41) is 8.76. The van der Waals surface area contributed by atoms with Crippen molar-refractivity contribution in [1.29, 1.82) is 0 Å². The number of nitrogens with zero attached hydrogens (tertiary/aromatic N) is 1. The zero-order chi connectivity index (χ0) is 11.3. The second kappa shape index (κ2) is 5.50. The normalized spacial score (nSPS) is 19.9. The fourth-order valence-electron chi connectivity index (χ4n) is 2.36. The van der Waals surface area contributed by atoms with Gasteiger partial charge < -0.3 is 10.0 Å². The summed E-state index contributed by atoms with van der Waals surface area (Å²) in [4.78, 5) is 13.5. The number of carbonyl (C=O) groups is 1. The van der Waals surface area contributed by atoms with E-state index in [2.05, 4.69) is 6.92 Å². The minimum absolute atomic E-state index is 0.0545. The predicted octanol–water partition coefficient (Wildman–Crippen LogP) is 1.80. The van der Waals surface area contributed by atoms with Crippen molar-refractivity contribution in [3.8, 4) is 0 Å². The van der Waals surface area contributed by atoms with Crippen LogP contribution >= 0.6 is 0 Å². The third-order valence-corrected chi connectivity index (χ3v) is 3.50. The lowest BCUT2D eigenvalue weighted by atomic mass is 9.73. The van der Waals surface area contributed by atoms with Gasteiger partial charge in [0.2, 0.25) is 5.91 Å². The molecule has 0 aromatic carbocycles. The molecule has 0 bridgehead atoms. The maximum Gasteiger partial charge on any atom is 0.222 e. The first-order chi connectivity index (χ1) is 7.07. The lowest BCUT2D eigenvalue weighted by Crippen LogP contribution is -2.34. The Morgan fingerprint density at radius 2 is 1.93 bits per heavy atom. The van der Waals surface area contributed by atoms with Crippen LogP contribution in [0.15, 0.2) is 0 Å². The van der Waals surface area contributed by atoms with Crippen molar-refractivity contribution in [2.75, 3.05) is 20.2 Å². The van der Waals surface area contributed by atoms with Gasteiger partial charge in [-0.2, -0.15) is 0 Å². The van der Waals surface area contributed by atoms with Gasteiger partial charge >= 0.3 is 0 Å².